The number of aryl methyl sites for hydroxylation is 1. The first-order valence-electron chi connectivity index (χ1n) is 12.2. The van der Waals surface area contributed by atoms with Crippen LogP contribution in [0.5, 0.6) is 11.5 Å². The second-order valence-corrected chi connectivity index (χ2v) is 11.6. The van der Waals surface area contributed by atoms with E-state index in [2.05, 4.69) is 11.9 Å². The molecule has 3 aromatic rings. The summed E-state index contributed by atoms with van der Waals surface area (Å²) in [4.78, 5) is 18.8. The van der Waals surface area contributed by atoms with Gasteiger partial charge in [-0.3, -0.25) is 4.79 Å². The van der Waals surface area contributed by atoms with Gasteiger partial charge in [0.2, 0.25) is 10.0 Å². The maximum Gasteiger partial charge on any atom is 0.253 e. The van der Waals surface area contributed by atoms with E-state index in [-0.39, 0.29) is 23.9 Å². The average Bonchev–Trinajstić information content (AvgIpc) is 3.25. The lowest BCUT2D eigenvalue weighted by atomic mass is 9.87. The van der Waals surface area contributed by atoms with Crippen molar-refractivity contribution < 1.29 is 22.7 Å². The third-order valence-electron chi connectivity index (χ3n) is 7.36. The zero-order chi connectivity index (χ0) is 24.2. The van der Waals surface area contributed by atoms with E-state index in [1.165, 1.54) is 28.0 Å². The number of carbonyl (C=O) groups excluding carboxylic acids is 1. The number of piperazine rings is 1. The van der Waals surface area contributed by atoms with Gasteiger partial charge in [-0.25, -0.2) is 8.42 Å². The molecule has 1 aliphatic carbocycles. The molecule has 9 heteroatoms. The van der Waals surface area contributed by atoms with Gasteiger partial charge in [-0.15, -0.1) is 0 Å². The second kappa shape index (κ2) is 8.57. The predicted molar refractivity (Wildman–Crippen MR) is 132 cm³/mol. The molecular weight excluding hydrogens is 466 g/mol. The van der Waals surface area contributed by atoms with Gasteiger partial charge < -0.3 is 19.4 Å². The molecule has 6 rings (SSSR count). The van der Waals surface area contributed by atoms with Crippen LogP contribution in [0.1, 0.15) is 35.0 Å². The molecule has 184 valence electrons. The number of benzene rings is 2. The lowest BCUT2D eigenvalue weighted by Gasteiger charge is -2.34. The van der Waals surface area contributed by atoms with E-state index >= 15 is 0 Å². The summed E-state index contributed by atoms with van der Waals surface area (Å²) in [5.41, 5.74) is 4.36. The summed E-state index contributed by atoms with van der Waals surface area (Å²) in [6.45, 7) is 4.33. The largest absolute Gasteiger partial charge is 0.486 e. The van der Waals surface area contributed by atoms with Crippen molar-refractivity contribution >= 4 is 26.8 Å². The number of aromatic nitrogens is 1. The summed E-state index contributed by atoms with van der Waals surface area (Å²) >= 11 is 0. The number of amides is 1. The summed E-state index contributed by atoms with van der Waals surface area (Å²) in [7, 11) is -3.69. The molecule has 0 spiro atoms. The minimum atomic E-state index is -3.69. The highest BCUT2D eigenvalue weighted by molar-refractivity contribution is 7.89. The highest BCUT2D eigenvalue weighted by atomic mass is 32.2. The fraction of sp³-hybridized carbons (Fsp3) is 0.423. The summed E-state index contributed by atoms with van der Waals surface area (Å²) in [6.07, 6.45) is 3.27. The third kappa shape index (κ3) is 3.96. The molecular formula is C26H29N3O5S. The molecule has 2 aliphatic heterocycles. The minimum Gasteiger partial charge on any atom is -0.486 e. The fourth-order valence-electron chi connectivity index (χ4n) is 5.37. The molecule has 1 fully saturated rings. The average molecular weight is 496 g/mol. The Morgan fingerprint density at radius 1 is 1.00 bits per heavy atom. The van der Waals surface area contributed by atoms with Crippen LogP contribution in [0.2, 0.25) is 0 Å². The van der Waals surface area contributed by atoms with Gasteiger partial charge in [-0.1, -0.05) is 6.92 Å². The maximum atomic E-state index is 13.3. The number of nitrogens with zero attached hydrogens (tertiary/aromatic N) is 2. The summed E-state index contributed by atoms with van der Waals surface area (Å²) < 4.78 is 38.9. The van der Waals surface area contributed by atoms with E-state index in [0.717, 1.165) is 23.7 Å². The number of sulfonamides is 1. The van der Waals surface area contributed by atoms with Gasteiger partial charge in [0.25, 0.3) is 5.91 Å². The van der Waals surface area contributed by atoms with Crippen molar-refractivity contribution in [2.45, 2.75) is 31.1 Å². The Balaban J connectivity index is 1.17. The zero-order valence-electron chi connectivity index (χ0n) is 19.7. The van der Waals surface area contributed by atoms with Crippen LogP contribution in [0.25, 0.3) is 10.9 Å². The van der Waals surface area contributed by atoms with E-state index in [1.54, 1.807) is 17.0 Å². The number of aromatic amines is 1. The van der Waals surface area contributed by atoms with Crippen LogP contribution in [0.15, 0.2) is 41.3 Å². The van der Waals surface area contributed by atoms with Crippen LogP contribution >= 0.6 is 0 Å². The maximum absolute atomic E-state index is 13.3. The number of H-pyrrole nitrogens is 1. The molecule has 0 bridgehead atoms. The van der Waals surface area contributed by atoms with Crippen molar-refractivity contribution in [2.75, 3.05) is 39.4 Å². The summed E-state index contributed by atoms with van der Waals surface area (Å²) in [5.74, 6) is 1.59. The molecule has 1 N–H and O–H groups in total. The number of rotatable bonds is 3. The Labute approximate surface area is 204 Å². The number of ether oxygens (including phenoxy) is 2. The molecule has 0 radical (unpaired) electrons. The molecule has 3 aliphatic rings. The molecule has 0 unspecified atom stereocenters. The molecule has 2 aromatic carbocycles. The van der Waals surface area contributed by atoms with Crippen molar-refractivity contribution in [3.05, 3.63) is 53.2 Å². The van der Waals surface area contributed by atoms with E-state index in [0.29, 0.717) is 49.3 Å². The SMILES string of the molecule is C[C@H]1CCc2[nH]c3ccc(C(=O)N4CCN(S(=O)(=O)c5ccc6c(c5)OCCO6)CC4)cc3c2C1. The van der Waals surface area contributed by atoms with Gasteiger partial charge in [-0.05, 0) is 61.1 Å². The Kier molecular flexibility index (Phi) is 5.49. The molecule has 0 saturated carbocycles. The normalized spacial score (nSPS) is 20.6. The first-order valence-corrected chi connectivity index (χ1v) is 13.7. The lowest BCUT2D eigenvalue weighted by molar-refractivity contribution is 0.0698. The molecule has 3 heterocycles. The monoisotopic (exact) mass is 495 g/mol. The van der Waals surface area contributed by atoms with E-state index in [1.807, 2.05) is 18.2 Å². The van der Waals surface area contributed by atoms with Crippen LogP contribution in [0.3, 0.4) is 0 Å². The molecule has 1 atom stereocenters. The summed E-state index contributed by atoms with van der Waals surface area (Å²) in [5, 5.41) is 1.14. The number of hydrogen-bond acceptors (Lipinski definition) is 5. The predicted octanol–water partition coefficient (Wildman–Crippen LogP) is 3.21. The Hall–Kier alpha value is -3.04. The van der Waals surface area contributed by atoms with Crippen LogP contribution in [0.4, 0.5) is 0 Å². The first kappa shape index (κ1) is 22.4. The highest BCUT2D eigenvalue weighted by Gasteiger charge is 2.32. The van der Waals surface area contributed by atoms with E-state index < -0.39 is 10.0 Å². The number of carbonyl (C=O) groups is 1. The van der Waals surface area contributed by atoms with Gasteiger partial charge >= 0.3 is 0 Å². The van der Waals surface area contributed by atoms with Crippen molar-refractivity contribution in [1.82, 2.24) is 14.2 Å². The smallest absolute Gasteiger partial charge is 0.253 e. The Bertz CT molecular complexity index is 1410. The van der Waals surface area contributed by atoms with Gasteiger partial charge in [0, 0.05) is 54.4 Å². The van der Waals surface area contributed by atoms with Crippen LogP contribution in [-0.4, -0.2) is 67.9 Å². The zero-order valence-corrected chi connectivity index (χ0v) is 20.6. The van der Waals surface area contributed by atoms with Crippen LogP contribution in [0, 0.1) is 5.92 Å². The molecule has 1 amide bonds. The topological polar surface area (TPSA) is 91.9 Å². The number of nitrogens with one attached hydrogen (secondary N) is 1. The van der Waals surface area contributed by atoms with Crippen molar-refractivity contribution in [2.24, 2.45) is 5.92 Å². The van der Waals surface area contributed by atoms with Gasteiger partial charge in [0.05, 0.1) is 4.90 Å². The molecule has 1 aromatic heterocycles. The standard InChI is InChI=1S/C26H29N3O5S/c1-17-2-5-22-20(14-17)21-15-18(3-6-23(21)27-22)26(30)28-8-10-29(11-9-28)35(31,32)19-4-7-24-25(16-19)34-13-12-33-24/h3-4,6-7,15-17,27H,2,5,8-14H2,1H3/t17-/m0/s1. The fourth-order valence-corrected chi connectivity index (χ4v) is 6.81. The third-order valence-corrected chi connectivity index (χ3v) is 9.25. The summed E-state index contributed by atoms with van der Waals surface area (Å²) in [6, 6.07) is 10.6. The molecule has 35 heavy (non-hydrogen) atoms. The highest BCUT2D eigenvalue weighted by Crippen LogP contribution is 2.34. The van der Waals surface area contributed by atoms with Gasteiger partial charge in [-0.2, -0.15) is 4.31 Å². The first-order chi connectivity index (χ1) is 16.9. The van der Waals surface area contributed by atoms with Crippen molar-refractivity contribution in [3.63, 3.8) is 0 Å². The van der Waals surface area contributed by atoms with E-state index in [9.17, 15) is 13.2 Å². The number of hydrogen-bond donors (Lipinski definition) is 1. The Morgan fingerprint density at radius 3 is 2.57 bits per heavy atom. The quantitative estimate of drug-likeness (QED) is 0.603. The minimum absolute atomic E-state index is 0.0536. The van der Waals surface area contributed by atoms with E-state index in [4.69, 9.17) is 9.47 Å². The van der Waals surface area contributed by atoms with Gasteiger partial charge in [0.15, 0.2) is 11.5 Å². The van der Waals surface area contributed by atoms with Crippen LogP contribution < -0.4 is 9.47 Å². The van der Waals surface area contributed by atoms with Crippen LogP contribution in [-0.2, 0) is 22.9 Å². The van der Waals surface area contributed by atoms with Crippen molar-refractivity contribution in [3.8, 4) is 11.5 Å². The molecule has 1 saturated heterocycles. The lowest BCUT2D eigenvalue weighted by Crippen LogP contribution is -2.50. The van der Waals surface area contributed by atoms with Gasteiger partial charge in [0.1, 0.15) is 13.2 Å². The Morgan fingerprint density at radius 2 is 1.77 bits per heavy atom. The van der Waals surface area contributed by atoms with Crippen molar-refractivity contribution in [1.29, 1.82) is 0 Å². The number of fused-ring (bicyclic) bond motifs is 4. The molecule has 8 nitrogen and oxygen atoms in total. The second-order valence-electron chi connectivity index (χ2n) is 9.69.